The maximum atomic E-state index is 14.4. The number of amides is 2. The first-order valence-corrected chi connectivity index (χ1v) is 9.49. The SMILES string of the molecule is O=C(Nc1cc(F)c(N2CCCC2)c(F)c1)c1ccc(N2CCCC2=O)cc1. The zero-order valence-corrected chi connectivity index (χ0v) is 15.4. The van der Waals surface area contributed by atoms with Crippen molar-refractivity contribution in [2.75, 3.05) is 34.8 Å². The standard InChI is InChI=1S/C21H21F2N3O2/c22-17-12-15(13-18(23)20(17)25-9-1-2-10-25)24-21(28)14-5-7-16(8-6-14)26-11-3-4-19(26)27/h5-8,12-13H,1-4,9-11H2,(H,24,28). The smallest absolute Gasteiger partial charge is 0.255 e. The molecule has 2 aliphatic heterocycles. The first-order chi connectivity index (χ1) is 13.5. The van der Waals surface area contributed by atoms with E-state index in [1.54, 1.807) is 34.1 Å². The van der Waals surface area contributed by atoms with Gasteiger partial charge in [-0.25, -0.2) is 8.78 Å². The van der Waals surface area contributed by atoms with Crippen molar-refractivity contribution in [1.82, 2.24) is 0 Å². The Balaban J connectivity index is 1.48. The minimum Gasteiger partial charge on any atom is -0.367 e. The number of hydrogen-bond donors (Lipinski definition) is 1. The lowest BCUT2D eigenvalue weighted by atomic mass is 10.1. The van der Waals surface area contributed by atoms with Crippen LogP contribution in [0.2, 0.25) is 0 Å². The second-order valence-corrected chi connectivity index (χ2v) is 7.13. The van der Waals surface area contributed by atoms with E-state index in [9.17, 15) is 18.4 Å². The number of hydrogen-bond acceptors (Lipinski definition) is 3. The van der Waals surface area contributed by atoms with E-state index in [0.29, 0.717) is 31.6 Å². The van der Waals surface area contributed by atoms with E-state index < -0.39 is 17.5 Å². The van der Waals surface area contributed by atoms with Crippen LogP contribution in [0.25, 0.3) is 0 Å². The van der Waals surface area contributed by atoms with Crippen molar-refractivity contribution in [3.63, 3.8) is 0 Å². The molecular weight excluding hydrogens is 364 g/mol. The van der Waals surface area contributed by atoms with Crippen molar-refractivity contribution in [3.05, 3.63) is 53.6 Å². The number of anilines is 3. The van der Waals surface area contributed by atoms with E-state index in [2.05, 4.69) is 5.32 Å². The average molecular weight is 385 g/mol. The molecule has 1 N–H and O–H groups in total. The van der Waals surface area contributed by atoms with E-state index in [1.807, 2.05) is 0 Å². The predicted molar refractivity (Wildman–Crippen MR) is 104 cm³/mol. The minimum atomic E-state index is -0.680. The highest BCUT2D eigenvalue weighted by atomic mass is 19.1. The van der Waals surface area contributed by atoms with Crippen molar-refractivity contribution >= 4 is 28.9 Å². The predicted octanol–water partition coefficient (Wildman–Crippen LogP) is 3.94. The van der Waals surface area contributed by atoms with Gasteiger partial charge < -0.3 is 15.1 Å². The van der Waals surface area contributed by atoms with Gasteiger partial charge in [0.2, 0.25) is 5.91 Å². The fourth-order valence-electron chi connectivity index (χ4n) is 3.80. The molecule has 5 nitrogen and oxygen atoms in total. The molecule has 0 radical (unpaired) electrons. The minimum absolute atomic E-state index is 0.0323. The molecule has 4 rings (SSSR count). The molecule has 0 aliphatic carbocycles. The van der Waals surface area contributed by atoms with Crippen molar-refractivity contribution in [1.29, 1.82) is 0 Å². The number of carbonyl (C=O) groups excluding carboxylic acids is 2. The Morgan fingerprint density at radius 2 is 1.57 bits per heavy atom. The Morgan fingerprint density at radius 3 is 2.14 bits per heavy atom. The molecule has 0 bridgehead atoms. The van der Waals surface area contributed by atoms with Gasteiger partial charge >= 0.3 is 0 Å². The Bertz CT molecular complexity index is 885. The Hall–Kier alpha value is -2.96. The van der Waals surface area contributed by atoms with E-state index >= 15 is 0 Å². The molecule has 2 fully saturated rings. The molecule has 2 aromatic carbocycles. The molecule has 2 aliphatic rings. The number of rotatable bonds is 4. The maximum absolute atomic E-state index is 14.4. The Labute approximate surface area is 161 Å². The summed E-state index contributed by atoms with van der Waals surface area (Å²) in [6.07, 6.45) is 3.19. The lowest BCUT2D eigenvalue weighted by Gasteiger charge is -2.20. The summed E-state index contributed by atoms with van der Waals surface area (Å²) in [5, 5.41) is 2.54. The van der Waals surface area contributed by atoms with Crippen LogP contribution in [0.15, 0.2) is 36.4 Å². The van der Waals surface area contributed by atoms with Gasteiger partial charge in [-0.15, -0.1) is 0 Å². The fourth-order valence-corrected chi connectivity index (χ4v) is 3.80. The van der Waals surface area contributed by atoms with Crippen molar-refractivity contribution in [2.45, 2.75) is 25.7 Å². The highest BCUT2D eigenvalue weighted by Crippen LogP contribution is 2.30. The Morgan fingerprint density at radius 1 is 0.929 bits per heavy atom. The zero-order valence-electron chi connectivity index (χ0n) is 15.4. The second kappa shape index (κ2) is 7.58. The number of carbonyl (C=O) groups is 2. The van der Waals surface area contributed by atoms with Crippen LogP contribution in [0.3, 0.4) is 0 Å². The van der Waals surface area contributed by atoms with Gasteiger partial charge in [0.15, 0.2) is 11.6 Å². The molecule has 7 heteroatoms. The first kappa shape index (κ1) is 18.4. The lowest BCUT2D eigenvalue weighted by Crippen LogP contribution is -2.23. The Kier molecular flexibility index (Phi) is 4.98. The second-order valence-electron chi connectivity index (χ2n) is 7.13. The third-order valence-corrected chi connectivity index (χ3v) is 5.21. The number of benzene rings is 2. The van der Waals surface area contributed by atoms with E-state index in [0.717, 1.165) is 37.1 Å². The average Bonchev–Trinajstić information content (AvgIpc) is 3.33. The van der Waals surface area contributed by atoms with Crippen LogP contribution in [0, 0.1) is 11.6 Å². The summed E-state index contributed by atoms with van der Waals surface area (Å²) in [5.41, 5.74) is 1.13. The van der Waals surface area contributed by atoms with Gasteiger partial charge in [0, 0.05) is 43.0 Å². The summed E-state index contributed by atoms with van der Waals surface area (Å²) in [7, 11) is 0. The number of nitrogens with zero attached hydrogens (tertiary/aromatic N) is 2. The van der Waals surface area contributed by atoms with E-state index in [4.69, 9.17) is 0 Å². The molecule has 2 amide bonds. The fraction of sp³-hybridized carbons (Fsp3) is 0.333. The van der Waals surface area contributed by atoms with Crippen molar-refractivity contribution in [3.8, 4) is 0 Å². The summed E-state index contributed by atoms with van der Waals surface area (Å²) < 4.78 is 28.8. The third kappa shape index (κ3) is 3.56. The third-order valence-electron chi connectivity index (χ3n) is 5.21. The molecule has 2 aromatic rings. The van der Waals surface area contributed by atoms with Gasteiger partial charge in [0.1, 0.15) is 5.69 Å². The van der Waals surface area contributed by atoms with Crippen LogP contribution in [0.4, 0.5) is 25.8 Å². The van der Waals surface area contributed by atoms with Gasteiger partial charge in [-0.3, -0.25) is 9.59 Å². The monoisotopic (exact) mass is 385 g/mol. The lowest BCUT2D eigenvalue weighted by molar-refractivity contribution is -0.117. The normalized spacial score (nSPS) is 16.7. The first-order valence-electron chi connectivity index (χ1n) is 9.49. The molecule has 0 aromatic heterocycles. The highest BCUT2D eigenvalue weighted by molar-refractivity contribution is 6.05. The summed E-state index contributed by atoms with van der Waals surface area (Å²) in [6.45, 7) is 1.93. The van der Waals surface area contributed by atoms with Crippen LogP contribution in [-0.4, -0.2) is 31.4 Å². The molecule has 28 heavy (non-hydrogen) atoms. The van der Waals surface area contributed by atoms with E-state index in [-0.39, 0.29) is 17.3 Å². The molecule has 0 spiro atoms. The molecule has 2 heterocycles. The van der Waals surface area contributed by atoms with E-state index in [1.165, 1.54) is 0 Å². The summed E-state index contributed by atoms with van der Waals surface area (Å²) >= 11 is 0. The van der Waals surface area contributed by atoms with Crippen LogP contribution in [0.1, 0.15) is 36.0 Å². The van der Waals surface area contributed by atoms with Gasteiger partial charge in [0.25, 0.3) is 5.91 Å². The molecular formula is C21H21F2N3O2. The summed E-state index contributed by atoms with van der Waals surface area (Å²) in [4.78, 5) is 27.6. The number of nitrogens with one attached hydrogen (secondary N) is 1. The largest absolute Gasteiger partial charge is 0.367 e. The molecule has 0 saturated carbocycles. The van der Waals surface area contributed by atoms with Gasteiger partial charge in [-0.05, 0) is 55.7 Å². The van der Waals surface area contributed by atoms with Crippen molar-refractivity contribution < 1.29 is 18.4 Å². The van der Waals surface area contributed by atoms with Gasteiger partial charge in [-0.1, -0.05) is 0 Å². The quantitative estimate of drug-likeness (QED) is 0.867. The molecule has 0 unspecified atom stereocenters. The van der Waals surface area contributed by atoms with Crippen LogP contribution in [-0.2, 0) is 4.79 Å². The van der Waals surface area contributed by atoms with Crippen LogP contribution >= 0.6 is 0 Å². The summed E-state index contributed by atoms with van der Waals surface area (Å²) in [5.74, 6) is -1.76. The topological polar surface area (TPSA) is 52.7 Å². The molecule has 146 valence electrons. The highest BCUT2D eigenvalue weighted by Gasteiger charge is 2.23. The van der Waals surface area contributed by atoms with Crippen molar-refractivity contribution in [2.24, 2.45) is 0 Å². The molecule has 0 atom stereocenters. The maximum Gasteiger partial charge on any atom is 0.255 e. The zero-order chi connectivity index (χ0) is 19.7. The summed E-state index contributed by atoms with van der Waals surface area (Å²) in [6, 6.07) is 8.90. The number of halogens is 2. The van der Waals surface area contributed by atoms with Gasteiger partial charge in [0.05, 0.1) is 0 Å². The van der Waals surface area contributed by atoms with Gasteiger partial charge in [-0.2, -0.15) is 0 Å². The van der Waals surface area contributed by atoms with Crippen LogP contribution < -0.4 is 15.1 Å². The van der Waals surface area contributed by atoms with Crippen LogP contribution in [0.5, 0.6) is 0 Å². The molecule has 2 saturated heterocycles.